The zero-order chi connectivity index (χ0) is 22.0. The van der Waals surface area contributed by atoms with Crippen LogP contribution in [0, 0.1) is 11.3 Å². The highest BCUT2D eigenvalue weighted by Gasteiger charge is 2.33. The number of benzene rings is 1. The molecule has 0 spiro atoms. The fraction of sp³-hybridized carbons (Fsp3) is 0.480. The summed E-state index contributed by atoms with van der Waals surface area (Å²) < 4.78 is 5.53. The Morgan fingerprint density at radius 1 is 1.23 bits per heavy atom. The SMILES string of the molecule is CCOc1ccc(C(C)=NNc2ncnc3sc4c(c23)CC(C(C)(C)CC)CC4)cc1. The summed E-state index contributed by atoms with van der Waals surface area (Å²) >= 11 is 1.82. The molecule has 6 heteroatoms. The van der Waals surface area contributed by atoms with Crippen LogP contribution in [0.25, 0.3) is 10.2 Å². The van der Waals surface area contributed by atoms with E-state index in [2.05, 4.69) is 41.3 Å². The molecule has 2 heterocycles. The molecule has 1 aromatic carbocycles. The normalized spacial score (nSPS) is 16.9. The number of aromatic nitrogens is 2. The van der Waals surface area contributed by atoms with Crippen LogP contribution in [0.4, 0.5) is 5.82 Å². The van der Waals surface area contributed by atoms with Gasteiger partial charge in [0.25, 0.3) is 0 Å². The van der Waals surface area contributed by atoms with Gasteiger partial charge in [0.05, 0.1) is 17.7 Å². The lowest BCUT2D eigenvalue weighted by Crippen LogP contribution is -2.28. The average Bonchev–Trinajstić information content (AvgIpc) is 3.16. The standard InChI is InChI=1S/C25H32N4OS/c1-6-25(4,5)18-10-13-21-20(14-18)22-23(26-15-27-24(22)31-21)29-28-16(3)17-8-11-19(12-9-17)30-7-2/h8-9,11-12,15,18H,6-7,10,13-14H2,1-5H3,(H,26,27,29). The minimum atomic E-state index is 0.345. The van der Waals surface area contributed by atoms with Crippen LogP contribution in [0.1, 0.15) is 63.5 Å². The summed E-state index contributed by atoms with van der Waals surface area (Å²) in [5.74, 6) is 2.37. The molecule has 2 aromatic heterocycles. The molecule has 0 amide bonds. The van der Waals surface area contributed by atoms with Gasteiger partial charge in [-0.1, -0.05) is 27.2 Å². The van der Waals surface area contributed by atoms with E-state index in [0.717, 1.165) is 45.9 Å². The molecule has 1 unspecified atom stereocenters. The highest BCUT2D eigenvalue weighted by atomic mass is 32.1. The fourth-order valence-electron chi connectivity index (χ4n) is 4.31. The fourth-order valence-corrected chi connectivity index (χ4v) is 5.49. The molecule has 1 N–H and O–H groups in total. The van der Waals surface area contributed by atoms with Crippen molar-refractivity contribution in [3.63, 3.8) is 0 Å². The molecule has 1 atom stereocenters. The molecule has 0 aliphatic heterocycles. The average molecular weight is 437 g/mol. The molecule has 1 aliphatic carbocycles. The van der Waals surface area contributed by atoms with E-state index in [1.54, 1.807) is 6.33 Å². The lowest BCUT2D eigenvalue weighted by atomic mass is 9.69. The van der Waals surface area contributed by atoms with Crippen LogP contribution in [0.5, 0.6) is 5.75 Å². The number of anilines is 1. The van der Waals surface area contributed by atoms with Gasteiger partial charge in [0.15, 0.2) is 5.82 Å². The number of hydrogen-bond donors (Lipinski definition) is 1. The minimum absolute atomic E-state index is 0.345. The summed E-state index contributed by atoms with van der Waals surface area (Å²) in [6.45, 7) is 11.8. The van der Waals surface area contributed by atoms with E-state index in [1.807, 2.05) is 49.4 Å². The van der Waals surface area contributed by atoms with Crippen molar-refractivity contribution in [2.45, 2.75) is 60.3 Å². The number of hydrogen-bond acceptors (Lipinski definition) is 6. The van der Waals surface area contributed by atoms with E-state index in [0.29, 0.717) is 17.9 Å². The second-order valence-corrected chi connectivity index (χ2v) is 10.0. The van der Waals surface area contributed by atoms with E-state index in [-0.39, 0.29) is 0 Å². The van der Waals surface area contributed by atoms with Crippen LogP contribution in [0.3, 0.4) is 0 Å². The zero-order valence-corrected chi connectivity index (χ0v) is 20.0. The van der Waals surface area contributed by atoms with Crippen molar-refractivity contribution in [3.8, 4) is 5.75 Å². The molecule has 0 bridgehead atoms. The Kier molecular flexibility index (Phi) is 6.28. The maximum absolute atomic E-state index is 5.53. The first kappa shape index (κ1) is 21.8. The van der Waals surface area contributed by atoms with Crippen LogP contribution < -0.4 is 10.2 Å². The maximum atomic E-state index is 5.53. The molecule has 0 saturated carbocycles. The van der Waals surface area contributed by atoms with Gasteiger partial charge >= 0.3 is 0 Å². The first-order chi connectivity index (χ1) is 14.9. The van der Waals surface area contributed by atoms with Gasteiger partial charge in [0.1, 0.15) is 16.9 Å². The largest absolute Gasteiger partial charge is 0.494 e. The zero-order valence-electron chi connectivity index (χ0n) is 19.2. The molecular weight excluding hydrogens is 404 g/mol. The molecule has 0 radical (unpaired) electrons. The van der Waals surface area contributed by atoms with Crippen molar-refractivity contribution in [3.05, 3.63) is 46.6 Å². The number of nitrogens with zero attached hydrogens (tertiary/aromatic N) is 3. The number of aryl methyl sites for hydroxylation is 1. The Morgan fingerprint density at radius 2 is 2.00 bits per heavy atom. The maximum Gasteiger partial charge on any atom is 0.158 e. The molecule has 0 saturated heterocycles. The van der Waals surface area contributed by atoms with Gasteiger partial charge in [-0.2, -0.15) is 5.10 Å². The quantitative estimate of drug-likeness (QED) is 0.341. The molecular formula is C25H32N4OS. The summed E-state index contributed by atoms with van der Waals surface area (Å²) in [6.07, 6.45) is 6.33. The first-order valence-electron chi connectivity index (χ1n) is 11.2. The van der Waals surface area contributed by atoms with Crippen molar-refractivity contribution in [2.24, 2.45) is 16.4 Å². The third-order valence-electron chi connectivity index (χ3n) is 6.77. The van der Waals surface area contributed by atoms with E-state index in [4.69, 9.17) is 4.74 Å². The number of nitrogens with one attached hydrogen (secondary N) is 1. The Bertz CT molecular complexity index is 1080. The highest BCUT2D eigenvalue weighted by Crippen LogP contribution is 2.45. The third kappa shape index (κ3) is 4.45. The molecule has 164 valence electrons. The topological polar surface area (TPSA) is 59.4 Å². The van der Waals surface area contributed by atoms with Crippen molar-refractivity contribution in [1.82, 2.24) is 9.97 Å². The lowest BCUT2D eigenvalue weighted by Gasteiger charge is -2.36. The van der Waals surface area contributed by atoms with Crippen LogP contribution in [-0.2, 0) is 12.8 Å². The smallest absolute Gasteiger partial charge is 0.158 e. The molecule has 1 aliphatic rings. The van der Waals surface area contributed by atoms with Crippen LogP contribution in [-0.4, -0.2) is 22.3 Å². The summed E-state index contributed by atoms with van der Waals surface area (Å²) in [7, 11) is 0. The minimum Gasteiger partial charge on any atom is -0.494 e. The van der Waals surface area contributed by atoms with Crippen molar-refractivity contribution < 1.29 is 4.74 Å². The lowest BCUT2D eigenvalue weighted by molar-refractivity contribution is 0.184. The summed E-state index contributed by atoms with van der Waals surface area (Å²) in [5.41, 5.74) is 6.97. The highest BCUT2D eigenvalue weighted by molar-refractivity contribution is 7.19. The molecule has 5 nitrogen and oxygen atoms in total. The van der Waals surface area contributed by atoms with E-state index in [1.165, 1.54) is 23.3 Å². The second-order valence-electron chi connectivity index (χ2n) is 8.95. The molecule has 31 heavy (non-hydrogen) atoms. The van der Waals surface area contributed by atoms with E-state index < -0.39 is 0 Å². The Hall–Kier alpha value is -2.47. The summed E-state index contributed by atoms with van der Waals surface area (Å²) in [6, 6.07) is 8.02. The number of thiophene rings is 1. The summed E-state index contributed by atoms with van der Waals surface area (Å²) in [5, 5.41) is 5.80. The predicted molar refractivity (Wildman–Crippen MR) is 130 cm³/mol. The third-order valence-corrected chi connectivity index (χ3v) is 7.97. The first-order valence-corrected chi connectivity index (χ1v) is 12.0. The van der Waals surface area contributed by atoms with Crippen LogP contribution >= 0.6 is 11.3 Å². The van der Waals surface area contributed by atoms with Crippen LogP contribution in [0.2, 0.25) is 0 Å². The number of ether oxygens (including phenoxy) is 1. The van der Waals surface area contributed by atoms with Crippen molar-refractivity contribution in [2.75, 3.05) is 12.0 Å². The van der Waals surface area contributed by atoms with Gasteiger partial charge in [-0.3, -0.25) is 5.43 Å². The van der Waals surface area contributed by atoms with Crippen molar-refractivity contribution >= 4 is 33.1 Å². The van der Waals surface area contributed by atoms with Gasteiger partial charge in [-0.05, 0) is 79.8 Å². The monoisotopic (exact) mass is 436 g/mol. The number of rotatable bonds is 7. The molecule has 0 fully saturated rings. The van der Waals surface area contributed by atoms with Gasteiger partial charge in [0, 0.05) is 4.88 Å². The Balaban J connectivity index is 1.61. The van der Waals surface area contributed by atoms with E-state index >= 15 is 0 Å². The number of hydrazone groups is 1. The predicted octanol–water partition coefficient (Wildman–Crippen LogP) is 6.47. The van der Waals surface area contributed by atoms with Crippen LogP contribution in [0.15, 0.2) is 35.7 Å². The van der Waals surface area contributed by atoms with Crippen molar-refractivity contribution in [1.29, 1.82) is 0 Å². The van der Waals surface area contributed by atoms with Gasteiger partial charge in [0.2, 0.25) is 0 Å². The molecule has 3 aromatic rings. The summed E-state index contributed by atoms with van der Waals surface area (Å²) in [4.78, 5) is 11.7. The van der Waals surface area contributed by atoms with Gasteiger partial charge in [-0.25, -0.2) is 9.97 Å². The molecule has 4 rings (SSSR count). The number of fused-ring (bicyclic) bond motifs is 3. The Morgan fingerprint density at radius 3 is 2.71 bits per heavy atom. The van der Waals surface area contributed by atoms with E-state index in [9.17, 15) is 0 Å². The Labute approximate surface area is 189 Å². The van der Waals surface area contributed by atoms with Gasteiger partial charge < -0.3 is 4.74 Å². The second kappa shape index (κ2) is 8.95. The van der Waals surface area contributed by atoms with Gasteiger partial charge in [-0.15, -0.1) is 11.3 Å².